The lowest BCUT2D eigenvalue weighted by atomic mass is 10.2. The predicted octanol–water partition coefficient (Wildman–Crippen LogP) is 4.62. The number of nitrogens with zero attached hydrogens (tertiary/aromatic N) is 2. The molecule has 18 heavy (non-hydrogen) atoms. The average Bonchev–Trinajstić information content (AvgIpc) is 2.38. The molecule has 0 N–H and O–H groups in total. The molecule has 0 bridgehead atoms. The monoisotopic (exact) mass is 274 g/mol. The van der Waals surface area contributed by atoms with Gasteiger partial charge in [-0.2, -0.15) is 5.26 Å². The van der Waals surface area contributed by atoms with Crippen LogP contribution < -0.4 is 0 Å². The fraction of sp³-hybridized carbons (Fsp3) is 0. The lowest BCUT2D eigenvalue weighted by Gasteiger charge is -1.98. The molecule has 2 aromatic carbocycles. The maximum Gasteiger partial charge on any atom is 0.0991 e. The smallest absolute Gasteiger partial charge is 0.0991 e. The number of halogens is 2. The highest BCUT2D eigenvalue weighted by Gasteiger charge is 1.98. The van der Waals surface area contributed by atoms with Gasteiger partial charge in [-0.05, 0) is 35.9 Å². The van der Waals surface area contributed by atoms with Gasteiger partial charge in [0, 0.05) is 11.2 Å². The Labute approximate surface area is 115 Å². The van der Waals surface area contributed by atoms with Crippen molar-refractivity contribution in [1.29, 1.82) is 5.26 Å². The van der Waals surface area contributed by atoms with Crippen LogP contribution in [0, 0.1) is 11.3 Å². The van der Waals surface area contributed by atoms with Crippen LogP contribution in [0.2, 0.25) is 10.0 Å². The molecule has 0 saturated carbocycles. The van der Waals surface area contributed by atoms with E-state index in [9.17, 15) is 0 Å². The first-order valence-electron chi connectivity index (χ1n) is 5.18. The van der Waals surface area contributed by atoms with Crippen molar-refractivity contribution in [2.75, 3.05) is 0 Å². The molecule has 0 saturated heterocycles. The van der Waals surface area contributed by atoms with E-state index in [0.717, 1.165) is 5.56 Å². The summed E-state index contributed by atoms with van der Waals surface area (Å²) in [6.07, 6.45) is 1.69. The molecule has 4 heteroatoms. The van der Waals surface area contributed by atoms with Crippen LogP contribution in [-0.2, 0) is 0 Å². The van der Waals surface area contributed by atoms with E-state index in [1.807, 2.05) is 12.1 Å². The van der Waals surface area contributed by atoms with Crippen molar-refractivity contribution in [2.24, 2.45) is 4.99 Å². The van der Waals surface area contributed by atoms with Gasteiger partial charge in [0.2, 0.25) is 0 Å². The molecule has 0 fully saturated rings. The summed E-state index contributed by atoms with van der Waals surface area (Å²) in [5.74, 6) is 0. The van der Waals surface area contributed by atoms with Crippen LogP contribution in [0.1, 0.15) is 11.1 Å². The molecular weight excluding hydrogens is 267 g/mol. The predicted molar refractivity (Wildman–Crippen MR) is 74.9 cm³/mol. The Morgan fingerprint density at radius 3 is 2.39 bits per heavy atom. The molecule has 2 aromatic rings. The maximum absolute atomic E-state index is 8.69. The highest BCUT2D eigenvalue weighted by Crippen LogP contribution is 2.27. The van der Waals surface area contributed by atoms with Gasteiger partial charge in [-0.15, -0.1) is 0 Å². The van der Waals surface area contributed by atoms with Gasteiger partial charge in [0.05, 0.1) is 22.3 Å². The highest BCUT2D eigenvalue weighted by molar-refractivity contribution is 6.36. The fourth-order valence-electron chi connectivity index (χ4n) is 1.37. The second kappa shape index (κ2) is 5.68. The van der Waals surface area contributed by atoms with Gasteiger partial charge in [0.1, 0.15) is 0 Å². The van der Waals surface area contributed by atoms with Gasteiger partial charge in [-0.3, -0.25) is 4.99 Å². The Hall–Kier alpha value is -1.82. The van der Waals surface area contributed by atoms with Crippen LogP contribution in [-0.4, -0.2) is 6.21 Å². The average molecular weight is 275 g/mol. The quantitative estimate of drug-likeness (QED) is 0.737. The Kier molecular flexibility index (Phi) is 3.99. The summed E-state index contributed by atoms with van der Waals surface area (Å²) in [6.45, 7) is 0. The van der Waals surface area contributed by atoms with E-state index in [1.54, 1.807) is 36.5 Å². The van der Waals surface area contributed by atoms with Crippen molar-refractivity contribution in [1.82, 2.24) is 0 Å². The molecule has 0 aliphatic carbocycles. The van der Waals surface area contributed by atoms with Crippen molar-refractivity contribution in [3.8, 4) is 6.07 Å². The lowest BCUT2D eigenvalue weighted by molar-refractivity contribution is 1.48. The second-order valence-electron chi connectivity index (χ2n) is 3.59. The summed E-state index contributed by atoms with van der Waals surface area (Å²) in [5.41, 5.74) is 2.18. The highest BCUT2D eigenvalue weighted by atomic mass is 35.5. The Bertz CT molecular complexity index is 625. The number of rotatable bonds is 2. The number of hydrogen-bond acceptors (Lipinski definition) is 2. The lowest BCUT2D eigenvalue weighted by Crippen LogP contribution is -1.81. The standard InChI is InChI=1S/C14H8Cl2N2/c15-12-5-6-14(13(16)7-12)18-9-11-3-1-10(8-17)2-4-11/h1-7,9H. The van der Waals surface area contributed by atoms with Crippen LogP contribution in [0.15, 0.2) is 47.5 Å². The number of hydrogen-bond donors (Lipinski definition) is 0. The summed E-state index contributed by atoms with van der Waals surface area (Å²) in [7, 11) is 0. The summed E-state index contributed by atoms with van der Waals surface area (Å²) in [4.78, 5) is 4.27. The molecule has 0 radical (unpaired) electrons. The molecule has 0 aromatic heterocycles. The molecule has 2 nitrogen and oxygen atoms in total. The minimum absolute atomic E-state index is 0.507. The third kappa shape index (κ3) is 3.10. The second-order valence-corrected chi connectivity index (χ2v) is 4.43. The van der Waals surface area contributed by atoms with Gasteiger partial charge in [0.15, 0.2) is 0 Å². The van der Waals surface area contributed by atoms with Crippen molar-refractivity contribution in [3.63, 3.8) is 0 Å². The first kappa shape index (κ1) is 12.6. The molecule has 2 rings (SSSR count). The molecule has 0 aliphatic heterocycles. The van der Waals surface area contributed by atoms with Crippen molar-refractivity contribution >= 4 is 35.1 Å². The molecule has 0 amide bonds. The van der Waals surface area contributed by atoms with E-state index < -0.39 is 0 Å². The van der Waals surface area contributed by atoms with Gasteiger partial charge in [0.25, 0.3) is 0 Å². The van der Waals surface area contributed by atoms with Crippen molar-refractivity contribution < 1.29 is 0 Å². The van der Waals surface area contributed by atoms with Crippen LogP contribution in [0.4, 0.5) is 5.69 Å². The van der Waals surface area contributed by atoms with Crippen molar-refractivity contribution in [3.05, 3.63) is 63.6 Å². The van der Waals surface area contributed by atoms with Gasteiger partial charge in [-0.25, -0.2) is 0 Å². The van der Waals surface area contributed by atoms with E-state index >= 15 is 0 Å². The van der Waals surface area contributed by atoms with Crippen molar-refractivity contribution in [2.45, 2.75) is 0 Å². The molecule has 0 aliphatic rings. The Morgan fingerprint density at radius 1 is 1.06 bits per heavy atom. The third-order valence-electron chi connectivity index (χ3n) is 2.30. The summed E-state index contributed by atoms with van der Waals surface area (Å²) >= 11 is 11.8. The number of aliphatic imine (C=N–C) groups is 1. The van der Waals surface area contributed by atoms with Crippen LogP contribution in [0.3, 0.4) is 0 Å². The zero-order chi connectivity index (χ0) is 13.0. The topological polar surface area (TPSA) is 36.1 Å². The fourth-order valence-corrected chi connectivity index (χ4v) is 1.83. The Morgan fingerprint density at radius 2 is 1.78 bits per heavy atom. The minimum Gasteiger partial charge on any atom is -0.255 e. The molecule has 0 unspecified atom stereocenters. The first-order chi connectivity index (χ1) is 8.69. The zero-order valence-corrected chi connectivity index (χ0v) is 10.8. The van der Waals surface area contributed by atoms with Gasteiger partial charge in [-0.1, -0.05) is 35.3 Å². The Balaban J connectivity index is 2.22. The molecule has 0 spiro atoms. The van der Waals surface area contributed by atoms with E-state index in [0.29, 0.717) is 21.3 Å². The van der Waals surface area contributed by atoms with Crippen LogP contribution >= 0.6 is 23.2 Å². The number of benzene rings is 2. The first-order valence-corrected chi connectivity index (χ1v) is 5.94. The minimum atomic E-state index is 0.507. The van der Waals surface area contributed by atoms with E-state index in [1.165, 1.54) is 0 Å². The van der Waals surface area contributed by atoms with E-state index in [4.69, 9.17) is 28.5 Å². The van der Waals surface area contributed by atoms with Crippen LogP contribution in [0.25, 0.3) is 0 Å². The summed E-state index contributed by atoms with van der Waals surface area (Å²) < 4.78 is 0. The number of nitriles is 1. The molecule has 0 atom stereocenters. The third-order valence-corrected chi connectivity index (χ3v) is 2.84. The maximum atomic E-state index is 8.69. The zero-order valence-electron chi connectivity index (χ0n) is 9.27. The van der Waals surface area contributed by atoms with E-state index in [-0.39, 0.29) is 0 Å². The van der Waals surface area contributed by atoms with Gasteiger partial charge < -0.3 is 0 Å². The summed E-state index contributed by atoms with van der Waals surface area (Å²) in [6, 6.07) is 14.3. The van der Waals surface area contributed by atoms with Gasteiger partial charge >= 0.3 is 0 Å². The molecular formula is C14H8Cl2N2. The largest absolute Gasteiger partial charge is 0.255 e. The normalized spacial score (nSPS) is 10.5. The van der Waals surface area contributed by atoms with Crippen LogP contribution in [0.5, 0.6) is 0 Å². The van der Waals surface area contributed by atoms with E-state index in [2.05, 4.69) is 11.1 Å². The summed E-state index contributed by atoms with van der Waals surface area (Å²) in [5, 5.41) is 9.77. The molecule has 0 heterocycles. The molecule has 88 valence electrons. The SMILES string of the molecule is N#Cc1ccc(C=Nc2ccc(Cl)cc2Cl)cc1.